The summed E-state index contributed by atoms with van der Waals surface area (Å²) in [7, 11) is -2.57. The summed E-state index contributed by atoms with van der Waals surface area (Å²) in [6.45, 7) is 0.266. The van der Waals surface area contributed by atoms with Crippen LogP contribution in [0.3, 0.4) is 0 Å². The van der Waals surface area contributed by atoms with Crippen molar-refractivity contribution in [3.8, 4) is 0 Å². The zero-order valence-corrected chi connectivity index (χ0v) is 14.4. The lowest BCUT2D eigenvalue weighted by Crippen LogP contribution is -2.35. The number of carbonyl (C=O) groups excluding carboxylic acids is 1. The molecule has 1 aliphatic rings. The van der Waals surface area contributed by atoms with Crippen molar-refractivity contribution >= 4 is 33.4 Å². The maximum absolute atomic E-state index is 13.1. The summed E-state index contributed by atoms with van der Waals surface area (Å²) in [5.74, 6) is -0.450. The smallest absolute Gasteiger partial charge is 0.337 e. The molecule has 2 aromatic rings. The number of methoxy groups -OCH3 is 1. The Morgan fingerprint density at radius 3 is 2.58 bits per heavy atom. The highest BCUT2D eigenvalue weighted by Crippen LogP contribution is 2.38. The summed E-state index contributed by atoms with van der Waals surface area (Å²) in [6, 6.07) is 9.50. The standard InChI is InChI=1S/C16H14FNO4S2/c1-22-16(19)11-2-7-15-14(10-11)18(8-9-23-15)24(20,21)13-5-3-12(17)4-6-13/h2-7,10H,8-9H2,1H3. The van der Waals surface area contributed by atoms with Gasteiger partial charge in [-0.15, -0.1) is 11.8 Å². The van der Waals surface area contributed by atoms with Crippen molar-refractivity contribution in [3.63, 3.8) is 0 Å². The summed E-state index contributed by atoms with van der Waals surface area (Å²) in [6.07, 6.45) is 0. The highest BCUT2D eigenvalue weighted by molar-refractivity contribution is 8.00. The zero-order valence-electron chi connectivity index (χ0n) is 12.7. The van der Waals surface area contributed by atoms with Crippen molar-refractivity contribution in [2.45, 2.75) is 9.79 Å². The Morgan fingerprint density at radius 2 is 1.92 bits per heavy atom. The minimum absolute atomic E-state index is 0.00483. The normalized spacial score (nSPS) is 14.2. The largest absolute Gasteiger partial charge is 0.465 e. The third-order valence-electron chi connectivity index (χ3n) is 3.60. The number of anilines is 1. The maximum atomic E-state index is 13.1. The first-order chi connectivity index (χ1) is 11.4. The molecule has 0 saturated carbocycles. The van der Waals surface area contributed by atoms with Crippen LogP contribution in [0.15, 0.2) is 52.3 Å². The number of ether oxygens (including phenoxy) is 1. The molecule has 8 heteroatoms. The summed E-state index contributed by atoms with van der Waals surface area (Å²) >= 11 is 1.52. The number of carbonyl (C=O) groups is 1. The van der Waals surface area contributed by atoms with Crippen molar-refractivity contribution in [2.24, 2.45) is 0 Å². The van der Waals surface area contributed by atoms with E-state index in [1.807, 2.05) is 0 Å². The van der Waals surface area contributed by atoms with Gasteiger partial charge < -0.3 is 4.74 Å². The second-order valence-electron chi connectivity index (χ2n) is 5.05. The van der Waals surface area contributed by atoms with Crippen LogP contribution in [0, 0.1) is 5.82 Å². The first kappa shape index (κ1) is 16.8. The van der Waals surface area contributed by atoms with E-state index in [0.717, 1.165) is 17.0 Å². The fourth-order valence-electron chi connectivity index (χ4n) is 2.42. The summed E-state index contributed by atoms with van der Waals surface area (Å²) in [5, 5.41) is 0. The molecule has 0 bridgehead atoms. The number of esters is 1. The van der Waals surface area contributed by atoms with Gasteiger partial charge in [0, 0.05) is 17.2 Å². The topological polar surface area (TPSA) is 63.7 Å². The molecule has 0 saturated heterocycles. The molecule has 0 spiro atoms. The second-order valence-corrected chi connectivity index (χ2v) is 8.05. The van der Waals surface area contributed by atoms with Gasteiger partial charge in [-0.25, -0.2) is 17.6 Å². The van der Waals surface area contributed by atoms with Gasteiger partial charge in [0.15, 0.2) is 0 Å². The Hall–Kier alpha value is -2.06. The lowest BCUT2D eigenvalue weighted by atomic mass is 10.2. The highest BCUT2D eigenvalue weighted by Gasteiger charge is 2.30. The highest BCUT2D eigenvalue weighted by atomic mass is 32.2. The molecule has 0 atom stereocenters. The number of hydrogen-bond donors (Lipinski definition) is 0. The zero-order chi connectivity index (χ0) is 17.3. The molecule has 5 nitrogen and oxygen atoms in total. The predicted molar refractivity (Wildman–Crippen MR) is 89.4 cm³/mol. The Labute approximate surface area is 143 Å². The molecule has 0 aliphatic carbocycles. The van der Waals surface area contributed by atoms with Crippen LogP contribution < -0.4 is 4.31 Å². The van der Waals surface area contributed by atoms with Crippen molar-refractivity contribution in [3.05, 3.63) is 53.8 Å². The van der Waals surface area contributed by atoms with Crippen LogP contribution in [0.4, 0.5) is 10.1 Å². The number of benzene rings is 2. The van der Waals surface area contributed by atoms with Crippen LogP contribution in [0.5, 0.6) is 0 Å². The van der Waals surface area contributed by atoms with Gasteiger partial charge in [-0.1, -0.05) is 0 Å². The van der Waals surface area contributed by atoms with Gasteiger partial charge in [-0.2, -0.15) is 0 Å². The Balaban J connectivity index is 2.08. The molecule has 0 amide bonds. The van der Waals surface area contributed by atoms with Crippen LogP contribution in [-0.2, 0) is 14.8 Å². The third-order valence-corrected chi connectivity index (χ3v) is 6.47. The van der Waals surface area contributed by atoms with Crippen molar-refractivity contribution < 1.29 is 22.3 Å². The van der Waals surface area contributed by atoms with E-state index in [4.69, 9.17) is 4.74 Å². The lowest BCUT2D eigenvalue weighted by molar-refractivity contribution is 0.0600. The number of fused-ring (bicyclic) bond motifs is 1. The Bertz CT molecular complexity index is 881. The molecule has 0 N–H and O–H groups in total. The van der Waals surface area contributed by atoms with E-state index in [-0.39, 0.29) is 17.0 Å². The Kier molecular flexibility index (Phi) is 4.51. The molecule has 1 aliphatic heterocycles. The van der Waals surface area contributed by atoms with E-state index in [1.54, 1.807) is 12.1 Å². The summed E-state index contributed by atoms with van der Waals surface area (Å²) < 4.78 is 44.8. The van der Waals surface area contributed by atoms with Crippen molar-refractivity contribution in [1.29, 1.82) is 0 Å². The molecule has 3 rings (SSSR count). The monoisotopic (exact) mass is 367 g/mol. The van der Waals surface area contributed by atoms with E-state index < -0.39 is 21.8 Å². The number of thioether (sulfide) groups is 1. The van der Waals surface area contributed by atoms with Gasteiger partial charge in [0.2, 0.25) is 0 Å². The van der Waals surface area contributed by atoms with E-state index in [2.05, 4.69) is 0 Å². The van der Waals surface area contributed by atoms with E-state index in [0.29, 0.717) is 11.4 Å². The quantitative estimate of drug-likeness (QED) is 0.781. The molecule has 0 unspecified atom stereocenters. The molecule has 0 aromatic heterocycles. The van der Waals surface area contributed by atoms with Gasteiger partial charge in [-0.3, -0.25) is 4.31 Å². The average molecular weight is 367 g/mol. The fraction of sp³-hybridized carbons (Fsp3) is 0.188. The first-order valence-electron chi connectivity index (χ1n) is 7.07. The number of rotatable bonds is 3. The van der Waals surface area contributed by atoms with E-state index >= 15 is 0 Å². The van der Waals surface area contributed by atoms with E-state index in [9.17, 15) is 17.6 Å². The molecule has 126 valence electrons. The minimum atomic E-state index is -3.84. The summed E-state index contributed by atoms with van der Waals surface area (Å²) in [5.41, 5.74) is 0.705. The van der Waals surface area contributed by atoms with Crippen LogP contribution in [0.2, 0.25) is 0 Å². The molecular weight excluding hydrogens is 353 g/mol. The number of nitrogens with zero attached hydrogens (tertiary/aromatic N) is 1. The summed E-state index contributed by atoms with van der Waals surface area (Å²) in [4.78, 5) is 12.5. The SMILES string of the molecule is COC(=O)c1ccc2c(c1)N(S(=O)(=O)c1ccc(F)cc1)CCS2. The third kappa shape index (κ3) is 2.99. The van der Waals surface area contributed by atoms with Crippen molar-refractivity contribution in [1.82, 2.24) is 0 Å². The average Bonchev–Trinajstić information content (AvgIpc) is 2.60. The first-order valence-corrected chi connectivity index (χ1v) is 9.49. The van der Waals surface area contributed by atoms with Crippen LogP contribution in [-0.4, -0.2) is 33.8 Å². The van der Waals surface area contributed by atoms with Crippen LogP contribution in [0.25, 0.3) is 0 Å². The number of halogens is 1. The molecule has 0 radical (unpaired) electrons. The van der Waals surface area contributed by atoms with Crippen LogP contribution in [0.1, 0.15) is 10.4 Å². The molecular formula is C16H14FNO4S2. The van der Waals surface area contributed by atoms with Gasteiger partial charge in [0.25, 0.3) is 10.0 Å². The molecule has 2 aromatic carbocycles. The maximum Gasteiger partial charge on any atom is 0.337 e. The fourth-order valence-corrected chi connectivity index (χ4v) is 5.05. The van der Waals surface area contributed by atoms with Gasteiger partial charge in [0.1, 0.15) is 5.82 Å². The molecule has 1 heterocycles. The molecule has 0 fully saturated rings. The Morgan fingerprint density at radius 1 is 1.21 bits per heavy atom. The van der Waals surface area contributed by atoms with E-state index in [1.165, 1.54) is 41.4 Å². The van der Waals surface area contributed by atoms with Gasteiger partial charge in [-0.05, 0) is 42.5 Å². The second kappa shape index (κ2) is 6.45. The predicted octanol–water partition coefficient (Wildman–Crippen LogP) is 2.91. The lowest BCUT2D eigenvalue weighted by Gasteiger charge is -2.30. The van der Waals surface area contributed by atoms with Gasteiger partial charge in [0.05, 0.1) is 23.3 Å². The number of sulfonamides is 1. The molecule has 24 heavy (non-hydrogen) atoms. The number of hydrogen-bond acceptors (Lipinski definition) is 5. The van der Waals surface area contributed by atoms with Crippen molar-refractivity contribution in [2.75, 3.05) is 23.7 Å². The van der Waals surface area contributed by atoms with Gasteiger partial charge >= 0.3 is 5.97 Å². The van der Waals surface area contributed by atoms with Crippen LogP contribution >= 0.6 is 11.8 Å². The minimum Gasteiger partial charge on any atom is -0.465 e.